The third-order valence-electron chi connectivity index (χ3n) is 2.86. The maximum atomic E-state index is 11.7. The van der Waals surface area contributed by atoms with E-state index in [0.717, 1.165) is 10.5 Å². The molecule has 22 heavy (non-hydrogen) atoms. The van der Waals surface area contributed by atoms with Crippen LogP contribution in [0.4, 0.5) is 5.69 Å². The second-order valence-corrected chi connectivity index (χ2v) is 5.65. The molecule has 0 aliphatic carbocycles. The van der Waals surface area contributed by atoms with E-state index in [4.69, 9.17) is 4.74 Å². The lowest BCUT2D eigenvalue weighted by Gasteiger charge is -2.07. The highest BCUT2D eigenvalue weighted by Gasteiger charge is 2.09. The smallest absolute Gasteiger partial charge is 0.316 e. The van der Waals surface area contributed by atoms with Gasteiger partial charge < -0.3 is 10.1 Å². The third kappa shape index (κ3) is 5.26. The van der Waals surface area contributed by atoms with Gasteiger partial charge in [0.2, 0.25) is 0 Å². The first-order valence-electron chi connectivity index (χ1n) is 6.84. The van der Waals surface area contributed by atoms with Crippen LogP contribution in [0.25, 0.3) is 0 Å². The summed E-state index contributed by atoms with van der Waals surface area (Å²) in [4.78, 5) is 24.3. The Bertz CT molecular complexity index is 643. The van der Waals surface area contributed by atoms with E-state index in [1.807, 2.05) is 49.4 Å². The van der Waals surface area contributed by atoms with Crippen LogP contribution in [-0.2, 0) is 14.3 Å². The number of benzene rings is 2. The molecule has 0 fully saturated rings. The molecular formula is C17H17NO3S. The highest BCUT2D eigenvalue weighted by molar-refractivity contribution is 8.00. The number of aryl methyl sites for hydroxylation is 1. The number of nitrogens with one attached hydrogen (secondary N) is 1. The molecule has 1 N–H and O–H groups in total. The molecule has 0 spiro atoms. The first-order valence-corrected chi connectivity index (χ1v) is 7.82. The molecule has 0 saturated carbocycles. The van der Waals surface area contributed by atoms with Gasteiger partial charge in [0.25, 0.3) is 5.91 Å². The molecule has 0 radical (unpaired) electrons. The van der Waals surface area contributed by atoms with Crippen LogP contribution in [-0.4, -0.2) is 24.2 Å². The number of para-hydroxylation sites is 1. The quantitative estimate of drug-likeness (QED) is 0.656. The Kier molecular flexibility index (Phi) is 6.03. The van der Waals surface area contributed by atoms with Crippen molar-refractivity contribution in [2.75, 3.05) is 17.7 Å². The van der Waals surface area contributed by atoms with Gasteiger partial charge in [-0.1, -0.05) is 36.4 Å². The number of thioether (sulfide) groups is 1. The largest absolute Gasteiger partial charge is 0.455 e. The monoisotopic (exact) mass is 315 g/mol. The van der Waals surface area contributed by atoms with Crippen molar-refractivity contribution in [3.8, 4) is 0 Å². The minimum absolute atomic E-state index is 0.184. The maximum absolute atomic E-state index is 11.7. The molecule has 0 unspecified atom stereocenters. The minimum Gasteiger partial charge on any atom is -0.455 e. The van der Waals surface area contributed by atoms with Crippen molar-refractivity contribution < 1.29 is 14.3 Å². The maximum Gasteiger partial charge on any atom is 0.316 e. The summed E-state index contributed by atoms with van der Waals surface area (Å²) in [6.45, 7) is 1.71. The first kappa shape index (κ1) is 16.1. The molecule has 2 aromatic rings. The Balaban J connectivity index is 1.71. The minimum atomic E-state index is -0.406. The molecule has 0 heterocycles. The van der Waals surface area contributed by atoms with Gasteiger partial charge >= 0.3 is 5.97 Å². The number of ether oxygens (including phenoxy) is 1. The number of amides is 1. The van der Waals surface area contributed by atoms with Gasteiger partial charge in [0.05, 0.1) is 5.75 Å². The summed E-state index contributed by atoms with van der Waals surface area (Å²) in [5.41, 5.74) is 1.79. The Morgan fingerprint density at radius 2 is 1.73 bits per heavy atom. The van der Waals surface area contributed by atoms with Crippen LogP contribution in [0.3, 0.4) is 0 Å². The average Bonchev–Trinajstić information content (AvgIpc) is 2.53. The van der Waals surface area contributed by atoms with Crippen molar-refractivity contribution in [1.29, 1.82) is 0 Å². The van der Waals surface area contributed by atoms with Crippen LogP contribution in [0.2, 0.25) is 0 Å². The SMILES string of the molecule is Cc1ccccc1SCC(=O)OCC(=O)Nc1ccccc1. The van der Waals surface area contributed by atoms with Gasteiger partial charge in [0.15, 0.2) is 6.61 Å². The molecule has 4 nitrogen and oxygen atoms in total. The molecular weight excluding hydrogens is 298 g/mol. The van der Waals surface area contributed by atoms with Crippen LogP contribution in [0.5, 0.6) is 0 Å². The molecule has 2 aromatic carbocycles. The number of rotatable bonds is 6. The fourth-order valence-electron chi connectivity index (χ4n) is 1.76. The van der Waals surface area contributed by atoms with Crippen LogP contribution in [0.15, 0.2) is 59.5 Å². The summed E-state index contributed by atoms with van der Waals surface area (Å²) in [7, 11) is 0. The normalized spacial score (nSPS) is 10.0. The molecule has 1 amide bonds. The topological polar surface area (TPSA) is 55.4 Å². The summed E-state index contributed by atoms with van der Waals surface area (Å²) >= 11 is 1.40. The van der Waals surface area contributed by atoms with Gasteiger partial charge in [-0.3, -0.25) is 9.59 Å². The number of esters is 1. The fourth-order valence-corrected chi connectivity index (χ4v) is 2.59. The fraction of sp³-hybridized carbons (Fsp3) is 0.176. The lowest BCUT2D eigenvalue weighted by atomic mass is 10.2. The summed E-state index contributed by atoms with van der Waals surface area (Å²) < 4.78 is 4.97. The van der Waals surface area contributed by atoms with Crippen LogP contribution in [0.1, 0.15) is 5.56 Å². The average molecular weight is 315 g/mol. The van der Waals surface area contributed by atoms with Gasteiger partial charge in [0, 0.05) is 10.6 Å². The molecule has 114 valence electrons. The predicted molar refractivity (Wildman–Crippen MR) is 87.9 cm³/mol. The number of anilines is 1. The van der Waals surface area contributed by atoms with E-state index in [1.165, 1.54) is 11.8 Å². The molecule has 0 atom stereocenters. The molecule has 2 rings (SSSR count). The van der Waals surface area contributed by atoms with Gasteiger partial charge in [-0.15, -0.1) is 11.8 Å². The second kappa shape index (κ2) is 8.24. The van der Waals surface area contributed by atoms with Crippen molar-refractivity contribution >= 4 is 29.3 Å². The molecule has 0 aromatic heterocycles. The summed E-state index contributed by atoms with van der Waals surface area (Å²) in [5, 5.41) is 2.66. The summed E-state index contributed by atoms with van der Waals surface area (Å²) in [5.74, 6) is -0.569. The lowest BCUT2D eigenvalue weighted by Crippen LogP contribution is -2.21. The molecule has 5 heteroatoms. The van der Waals surface area contributed by atoms with Crippen LogP contribution >= 0.6 is 11.8 Å². The van der Waals surface area contributed by atoms with Crippen molar-refractivity contribution in [3.63, 3.8) is 0 Å². The second-order valence-electron chi connectivity index (χ2n) is 4.63. The number of hydrogen-bond donors (Lipinski definition) is 1. The lowest BCUT2D eigenvalue weighted by molar-refractivity contribution is -0.144. The molecule has 0 bridgehead atoms. The zero-order valence-electron chi connectivity index (χ0n) is 12.2. The van der Waals surface area contributed by atoms with E-state index in [-0.39, 0.29) is 18.3 Å². The molecule has 0 aliphatic rings. The van der Waals surface area contributed by atoms with Crippen molar-refractivity contribution in [2.24, 2.45) is 0 Å². The van der Waals surface area contributed by atoms with Crippen LogP contribution in [0, 0.1) is 6.92 Å². The molecule has 0 saturated heterocycles. The van der Waals surface area contributed by atoms with Crippen molar-refractivity contribution in [1.82, 2.24) is 0 Å². The molecule has 0 aliphatic heterocycles. The Morgan fingerprint density at radius 3 is 2.45 bits per heavy atom. The van der Waals surface area contributed by atoms with E-state index in [2.05, 4.69) is 5.32 Å². The van der Waals surface area contributed by atoms with Crippen molar-refractivity contribution in [2.45, 2.75) is 11.8 Å². The van der Waals surface area contributed by atoms with E-state index in [1.54, 1.807) is 12.1 Å². The Morgan fingerprint density at radius 1 is 1.05 bits per heavy atom. The van der Waals surface area contributed by atoms with E-state index in [9.17, 15) is 9.59 Å². The highest BCUT2D eigenvalue weighted by Crippen LogP contribution is 2.21. The zero-order chi connectivity index (χ0) is 15.8. The van der Waals surface area contributed by atoms with E-state index in [0.29, 0.717) is 5.69 Å². The number of carbonyl (C=O) groups excluding carboxylic acids is 2. The number of carbonyl (C=O) groups is 2. The number of hydrogen-bond acceptors (Lipinski definition) is 4. The third-order valence-corrected chi connectivity index (χ3v) is 4.01. The van der Waals surface area contributed by atoms with Gasteiger partial charge in [0.1, 0.15) is 0 Å². The standard InChI is InChI=1S/C17H17NO3S/c1-13-7-5-6-10-15(13)22-12-17(20)21-11-16(19)18-14-8-3-2-4-9-14/h2-10H,11-12H2,1H3,(H,18,19). The predicted octanol–water partition coefficient (Wildman–Crippen LogP) is 3.27. The van der Waals surface area contributed by atoms with Crippen LogP contribution < -0.4 is 5.32 Å². The Hall–Kier alpha value is -2.27. The van der Waals surface area contributed by atoms with E-state index < -0.39 is 5.97 Å². The van der Waals surface area contributed by atoms with Crippen molar-refractivity contribution in [3.05, 3.63) is 60.2 Å². The Labute approximate surface area is 133 Å². The van der Waals surface area contributed by atoms with Gasteiger partial charge in [-0.05, 0) is 30.7 Å². The summed E-state index contributed by atoms with van der Waals surface area (Å²) in [6, 6.07) is 16.9. The van der Waals surface area contributed by atoms with Gasteiger partial charge in [-0.25, -0.2) is 0 Å². The van der Waals surface area contributed by atoms with E-state index >= 15 is 0 Å². The first-order chi connectivity index (χ1) is 10.6. The van der Waals surface area contributed by atoms with Gasteiger partial charge in [-0.2, -0.15) is 0 Å². The zero-order valence-corrected chi connectivity index (χ0v) is 13.1. The highest BCUT2D eigenvalue weighted by atomic mass is 32.2. The summed E-state index contributed by atoms with van der Waals surface area (Å²) in [6.07, 6.45) is 0.